The van der Waals surface area contributed by atoms with Gasteiger partial charge in [0.2, 0.25) is 0 Å². The highest BCUT2D eigenvalue weighted by molar-refractivity contribution is 5.44. The number of phenolic OH excluding ortho intramolecular Hbond substituents is 1. The van der Waals surface area contributed by atoms with Crippen LogP contribution in [0.15, 0.2) is 18.2 Å². The van der Waals surface area contributed by atoms with E-state index in [2.05, 4.69) is 25.2 Å². The second kappa shape index (κ2) is 5.16. The number of hydrogen-bond acceptors (Lipinski definition) is 2. The van der Waals surface area contributed by atoms with E-state index in [1.807, 2.05) is 12.1 Å². The number of aromatic hydroxyl groups is 1. The molecule has 1 aromatic rings. The Labute approximate surface area is 116 Å². The lowest BCUT2D eigenvalue weighted by atomic mass is 9.79. The SMILES string of the molecule is CC1CCC(NC2CCc3c(O)cccc32)C(C)C1. The largest absolute Gasteiger partial charge is 0.508 e. The maximum Gasteiger partial charge on any atom is 0.119 e. The summed E-state index contributed by atoms with van der Waals surface area (Å²) in [5, 5.41) is 13.8. The fourth-order valence-corrected chi connectivity index (χ4v) is 3.98. The van der Waals surface area contributed by atoms with E-state index in [0.717, 1.165) is 30.2 Å². The van der Waals surface area contributed by atoms with E-state index in [0.29, 0.717) is 17.8 Å². The summed E-state index contributed by atoms with van der Waals surface area (Å²) in [6, 6.07) is 7.06. The summed E-state index contributed by atoms with van der Waals surface area (Å²) in [7, 11) is 0. The maximum absolute atomic E-state index is 9.91. The van der Waals surface area contributed by atoms with Crippen molar-refractivity contribution < 1.29 is 5.11 Å². The van der Waals surface area contributed by atoms with E-state index in [4.69, 9.17) is 0 Å². The molecule has 0 aliphatic heterocycles. The summed E-state index contributed by atoms with van der Waals surface area (Å²) in [6.45, 7) is 4.75. The highest BCUT2D eigenvalue weighted by Gasteiger charge is 2.30. The lowest BCUT2D eigenvalue weighted by Crippen LogP contribution is -2.40. The summed E-state index contributed by atoms with van der Waals surface area (Å²) in [4.78, 5) is 0. The van der Waals surface area contributed by atoms with Gasteiger partial charge in [-0.25, -0.2) is 0 Å². The monoisotopic (exact) mass is 259 g/mol. The molecule has 0 aromatic heterocycles. The van der Waals surface area contributed by atoms with Crippen LogP contribution in [0.1, 0.15) is 56.7 Å². The van der Waals surface area contributed by atoms with Crippen LogP contribution in [0.2, 0.25) is 0 Å². The third kappa shape index (κ3) is 2.51. The highest BCUT2D eigenvalue weighted by Crippen LogP contribution is 2.38. The zero-order valence-electron chi connectivity index (χ0n) is 12.0. The fourth-order valence-electron chi connectivity index (χ4n) is 3.98. The molecule has 0 heterocycles. The van der Waals surface area contributed by atoms with Gasteiger partial charge < -0.3 is 10.4 Å². The third-order valence-corrected chi connectivity index (χ3v) is 5.09. The minimum absolute atomic E-state index is 0.447. The van der Waals surface area contributed by atoms with Crippen molar-refractivity contribution in [3.63, 3.8) is 0 Å². The van der Waals surface area contributed by atoms with E-state index < -0.39 is 0 Å². The first-order chi connectivity index (χ1) is 9.15. The Kier molecular flexibility index (Phi) is 3.53. The summed E-state index contributed by atoms with van der Waals surface area (Å²) < 4.78 is 0. The molecule has 3 rings (SSSR count). The lowest BCUT2D eigenvalue weighted by Gasteiger charge is -2.35. The van der Waals surface area contributed by atoms with Gasteiger partial charge in [0.1, 0.15) is 5.75 Å². The molecule has 19 heavy (non-hydrogen) atoms. The molecule has 0 saturated heterocycles. The van der Waals surface area contributed by atoms with E-state index >= 15 is 0 Å². The molecule has 0 amide bonds. The topological polar surface area (TPSA) is 32.3 Å². The molecular formula is C17H25NO. The number of fused-ring (bicyclic) bond motifs is 1. The molecule has 1 fully saturated rings. The zero-order chi connectivity index (χ0) is 13.4. The van der Waals surface area contributed by atoms with Gasteiger partial charge in [0.15, 0.2) is 0 Å². The average Bonchev–Trinajstić information content (AvgIpc) is 2.78. The van der Waals surface area contributed by atoms with E-state index in [1.165, 1.54) is 24.8 Å². The van der Waals surface area contributed by atoms with E-state index in [-0.39, 0.29) is 0 Å². The molecule has 1 saturated carbocycles. The third-order valence-electron chi connectivity index (χ3n) is 5.09. The van der Waals surface area contributed by atoms with Gasteiger partial charge in [-0.05, 0) is 61.1 Å². The zero-order valence-corrected chi connectivity index (χ0v) is 12.0. The maximum atomic E-state index is 9.91. The van der Waals surface area contributed by atoms with Crippen LogP contribution in [0.5, 0.6) is 5.75 Å². The first-order valence-electron chi connectivity index (χ1n) is 7.72. The number of rotatable bonds is 2. The first-order valence-corrected chi connectivity index (χ1v) is 7.72. The Morgan fingerprint density at radius 3 is 2.79 bits per heavy atom. The Morgan fingerprint density at radius 2 is 2.00 bits per heavy atom. The van der Waals surface area contributed by atoms with Crippen molar-refractivity contribution in [2.24, 2.45) is 11.8 Å². The molecule has 0 bridgehead atoms. The van der Waals surface area contributed by atoms with Crippen LogP contribution in [0, 0.1) is 11.8 Å². The minimum Gasteiger partial charge on any atom is -0.508 e. The summed E-state index contributed by atoms with van der Waals surface area (Å²) in [5.74, 6) is 2.13. The summed E-state index contributed by atoms with van der Waals surface area (Å²) in [6.07, 6.45) is 6.13. The number of phenols is 1. The molecule has 2 heteroatoms. The first kappa shape index (κ1) is 13.0. The normalized spacial score (nSPS) is 34.2. The standard InChI is InChI=1S/C17H25NO/c1-11-6-8-15(12(2)10-11)18-16-9-7-14-13(16)4-3-5-17(14)19/h3-5,11-12,15-16,18-19H,6-10H2,1-2H3. The predicted octanol–water partition coefficient (Wildman–Crippen LogP) is 3.79. The van der Waals surface area contributed by atoms with Crippen molar-refractivity contribution in [3.8, 4) is 5.75 Å². The van der Waals surface area contributed by atoms with E-state index in [1.54, 1.807) is 0 Å². The van der Waals surface area contributed by atoms with Crippen LogP contribution in [-0.4, -0.2) is 11.1 Å². The Morgan fingerprint density at radius 1 is 1.16 bits per heavy atom. The van der Waals surface area contributed by atoms with Crippen molar-refractivity contribution in [1.29, 1.82) is 0 Å². The van der Waals surface area contributed by atoms with Gasteiger partial charge in [-0.2, -0.15) is 0 Å². The van der Waals surface area contributed by atoms with Crippen molar-refractivity contribution >= 4 is 0 Å². The van der Waals surface area contributed by atoms with Gasteiger partial charge in [-0.15, -0.1) is 0 Å². The Bertz CT molecular complexity index is 457. The average molecular weight is 259 g/mol. The number of benzene rings is 1. The second-order valence-corrected chi connectivity index (χ2v) is 6.60. The van der Waals surface area contributed by atoms with Crippen molar-refractivity contribution in [2.75, 3.05) is 0 Å². The van der Waals surface area contributed by atoms with Crippen molar-refractivity contribution in [2.45, 2.75) is 58.0 Å². The van der Waals surface area contributed by atoms with Gasteiger partial charge in [0, 0.05) is 12.1 Å². The molecule has 2 aliphatic carbocycles. The van der Waals surface area contributed by atoms with Crippen LogP contribution >= 0.6 is 0 Å². The molecule has 104 valence electrons. The summed E-state index contributed by atoms with van der Waals surface area (Å²) in [5.41, 5.74) is 2.49. The van der Waals surface area contributed by atoms with Crippen LogP contribution in [0.25, 0.3) is 0 Å². The van der Waals surface area contributed by atoms with Crippen LogP contribution in [-0.2, 0) is 6.42 Å². The van der Waals surface area contributed by atoms with Crippen LogP contribution < -0.4 is 5.32 Å². The lowest BCUT2D eigenvalue weighted by molar-refractivity contribution is 0.213. The number of hydrogen-bond donors (Lipinski definition) is 2. The molecule has 2 nitrogen and oxygen atoms in total. The molecule has 4 unspecified atom stereocenters. The number of nitrogens with one attached hydrogen (secondary N) is 1. The smallest absolute Gasteiger partial charge is 0.119 e. The van der Waals surface area contributed by atoms with Gasteiger partial charge in [0.05, 0.1) is 0 Å². The fraction of sp³-hybridized carbons (Fsp3) is 0.647. The van der Waals surface area contributed by atoms with Gasteiger partial charge in [-0.1, -0.05) is 26.0 Å². The van der Waals surface area contributed by atoms with Crippen molar-refractivity contribution in [3.05, 3.63) is 29.3 Å². The Hall–Kier alpha value is -1.02. The Balaban J connectivity index is 1.71. The molecule has 0 spiro atoms. The van der Waals surface area contributed by atoms with Gasteiger partial charge >= 0.3 is 0 Å². The highest BCUT2D eigenvalue weighted by atomic mass is 16.3. The van der Waals surface area contributed by atoms with Crippen molar-refractivity contribution in [1.82, 2.24) is 5.32 Å². The molecule has 2 N–H and O–H groups in total. The quantitative estimate of drug-likeness (QED) is 0.847. The minimum atomic E-state index is 0.447. The molecule has 4 atom stereocenters. The van der Waals surface area contributed by atoms with Gasteiger partial charge in [-0.3, -0.25) is 0 Å². The van der Waals surface area contributed by atoms with Crippen LogP contribution in [0.4, 0.5) is 0 Å². The van der Waals surface area contributed by atoms with Gasteiger partial charge in [0.25, 0.3) is 0 Å². The second-order valence-electron chi connectivity index (χ2n) is 6.60. The molecule has 1 aromatic carbocycles. The molecule has 2 aliphatic rings. The molecular weight excluding hydrogens is 234 g/mol. The predicted molar refractivity (Wildman–Crippen MR) is 78.3 cm³/mol. The van der Waals surface area contributed by atoms with E-state index in [9.17, 15) is 5.11 Å². The summed E-state index contributed by atoms with van der Waals surface area (Å²) >= 11 is 0. The van der Waals surface area contributed by atoms with Crippen LogP contribution in [0.3, 0.4) is 0 Å². The molecule has 0 radical (unpaired) electrons.